The van der Waals surface area contributed by atoms with Gasteiger partial charge >= 0.3 is 7.60 Å². The monoisotopic (exact) mass is 495 g/mol. The molecule has 0 aromatic heterocycles. The summed E-state index contributed by atoms with van der Waals surface area (Å²) in [6.45, 7) is 8.64. The van der Waals surface area contributed by atoms with Crippen LogP contribution in [0.5, 0.6) is 0 Å². The molecule has 0 spiro atoms. The van der Waals surface area contributed by atoms with Gasteiger partial charge in [0.2, 0.25) is 0 Å². The van der Waals surface area contributed by atoms with Gasteiger partial charge < -0.3 is 13.8 Å². The fourth-order valence-corrected chi connectivity index (χ4v) is 12.3. The highest BCUT2D eigenvalue weighted by molar-refractivity contribution is 7.99. The van der Waals surface area contributed by atoms with Crippen LogP contribution in [0.15, 0.2) is 102 Å². The fourth-order valence-electron chi connectivity index (χ4n) is 4.86. The van der Waals surface area contributed by atoms with Gasteiger partial charge in [-0.2, -0.15) is 0 Å². The van der Waals surface area contributed by atoms with Crippen LogP contribution in [-0.2, 0) is 18.3 Å². The van der Waals surface area contributed by atoms with Crippen LogP contribution in [0.1, 0.15) is 27.7 Å². The summed E-state index contributed by atoms with van der Waals surface area (Å²) >= 11 is 0. The van der Waals surface area contributed by atoms with Crippen molar-refractivity contribution in [2.24, 2.45) is 0 Å². The van der Waals surface area contributed by atoms with E-state index in [1.54, 1.807) is 0 Å². The Bertz CT molecular complexity index is 1070. The van der Waals surface area contributed by atoms with Crippen LogP contribution in [0.3, 0.4) is 0 Å². The van der Waals surface area contributed by atoms with Gasteiger partial charge in [-0.05, 0) is 64.1 Å². The van der Waals surface area contributed by atoms with Crippen molar-refractivity contribution in [2.75, 3.05) is 19.8 Å². The van der Waals surface area contributed by atoms with Gasteiger partial charge in [0.15, 0.2) is 0 Å². The quantitative estimate of drug-likeness (QED) is 0.329. The largest absolute Gasteiger partial charge is 0.363 e. The Morgan fingerprint density at radius 1 is 0.765 bits per heavy atom. The molecule has 0 atom stereocenters. The van der Waals surface area contributed by atoms with Crippen LogP contribution in [0.2, 0.25) is 0 Å². The topological polar surface area (TPSA) is 44.8 Å². The van der Waals surface area contributed by atoms with E-state index in [1.807, 2.05) is 32.0 Å². The maximum Gasteiger partial charge on any atom is 0.363 e. The smallest absolute Gasteiger partial charge is 0.362 e. The maximum atomic E-state index is 14.3. The molecule has 3 aromatic carbocycles. The molecule has 1 heterocycles. The predicted octanol–water partition coefficient (Wildman–Crippen LogP) is 6.27. The summed E-state index contributed by atoms with van der Waals surface area (Å²) in [6.07, 6.45) is 0. The molecule has 0 N–H and O–H groups in total. The van der Waals surface area contributed by atoms with Crippen LogP contribution in [0, 0.1) is 0 Å². The van der Waals surface area contributed by atoms with Gasteiger partial charge in [-0.1, -0.05) is 54.6 Å². The van der Waals surface area contributed by atoms with E-state index in [2.05, 4.69) is 86.6 Å². The van der Waals surface area contributed by atoms with Gasteiger partial charge in [-0.25, -0.2) is 0 Å². The normalized spacial score (nSPS) is 16.1. The minimum Gasteiger partial charge on any atom is -0.362 e. The van der Waals surface area contributed by atoms with Crippen LogP contribution < -0.4 is 15.9 Å². The molecule has 0 unspecified atom stereocenters. The lowest BCUT2D eigenvalue weighted by molar-refractivity contribution is 0.0533. The third kappa shape index (κ3) is 4.35. The zero-order valence-electron chi connectivity index (χ0n) is 20.3. The zero-order valence-corrected chi connectivity index (χ0v) is 22.1. The van der Waals surface area contributed by atoms with Crippen molar-refractivity contribution in [3.05, 3.63) is 102 Å². The minimum atomic E-state index is -3.58. The van der Waals surface area contributed by atoms with E-state index in [0.29, 0.717) is 18.5 Å². The molecule has 4 nitrogen and oxygen atoms in total. The summed E-state index contributed by atoms with van der Waals surface area (Å²) < 4.78 is 32.5. The minimum absolute atomic E-state index is 0.216. The molecular formula is C28H33O4P2+. The Labute approximate surface area is 203 Å². The lowest BCUT2D eigenvalue weighted by Crippen LogP contribution is -2.38. The van der Waals surface area contributed by atoms with Gasteiger partial charge in [0.05, 0.1) is 19.8 Å². The molecule has 1 aliphatic rings. The van der Waals surface area contributed by atoms with E-state index in [0.717, 1.165) is 5.31 Å². The second-order valence-corrected chi connectivity index (χ2v) is 14.0. The Hall–Kier alpha value is -2.06. The van der Waals surface area contributed by atoms with Gasteiger partial charge in [-0.3, -0.25) is 4.57 Å². The number of hydrogen-bond donors (Lipinski definition) is 0. The van der Waals surface area contributed by atoms with Crippen molar-refractivity contribution in [1.29, 1.82) is 0 Å². The summed E-state index contributed by atoms with van der Waals surface area (Å²) in [6, 6.07) is 31.6. The lowest BCUT2D eigenvalue weighted by Gasteiger charge is -2.35. The molecule has 4 rings (SSSR count). The van der Waals surface area contributed by atoms with Crippen LogP contribution in [-0.4, -0.2) is 25.4 Å². The summed E-state index contributed by atoms with van der Waals surface area (Å²) in [4.78, 5) is 0. The Balaban J connectivity index is 2.20. The zero-order chi connectivity index (χ0) is 24.2. The lowest BCUT2D eigenvalue weighted by atomic mass is 10.1. The van der Waals surface area contributed by atoms with Crippen molar-refractivity contribution < 1.29 is 18.3 Å². The Morgan fingerprint density at radius 2 is 1.15 bits per heavy atom. The first-order valence-electron chi connectivity index (χ1n) is 11.7. The summed E-state index contributed by atoms with van der Waals surface area (Å²) in [5.74, 6) is 0. The molecule has 0 radical (unpaired) electrons. The summed E-state index contributed by atoms with van der Waals surface area (Å²) in [7, 11) is -6.08. The molecule has 3 aromatic rings. The van der Waals surface area contributed by atoms with Crippen molar-refractivity contribution in [3.8, 4) is 0 Å². The van der Waals surface area contributed by atoms with E-state index in [9.17, 15) is 4.57 Å². The second-order valence-electron chi connectivity index (χ2n) is 8.60. The van der Waals surface area contributed by atoms with Gasteiger partial charge in [0, 0.05) is 0 Å². The number of rotatable bonds is 9. The van der Waals surface area contributed by atoms with E-state index < -0.39 is 20.5 Å². The molecule has 0 fully saturated rings. The first kappa shape index (κ1) is 25.0. The molecule has 0 saturated heterocycles. The standard InChI is InChI=1S/C28H33O4P2/c1-5-31-34(29,32-6-2)26-22-30-28(3,4)27(26)33(23-16-10-7-11-17-23,24-18-12-8-13-19-24)25-20-14-9-15-21-25/h7-21H,5-6,22H2,1-4H3/q+1. The SMILES string of the molecule is CCOP(=O)(OCC)C1=C([P+](c2ccccc2)(c2ccccc2)c2ccccc2)C(C)(C)OC1. The van der Waals surface area contributed by atoms with Crippen molar-refractivity contribution in [2.45, 2.75) is 33.3 Å². The number of hydrogen-bond acceptors (Lipinski definition) is 4. The van der Waals surface area contributed by atoms with Gasteiger partial charge in [-0.15, -0.1) is 0 Å². The average molecular weight is 496 g/mol. The third-order valence-electron chi connectivity index (χ3n) is 6.11. The first-order valence-corrected chi connectivity index (χ1v) is 15.1. The highest BCUT2D eigenvalue weighted by Crippen LogP contribution is 2.73. The highest BCUT2D eigenvalue weighted by Gasteiger charge is 2.61. The van der Waals surface area contributed by atoms with Crippen molar-refractivity contribution in [1.82, 2.24) is 0 Å². The van der Waals surface area contributed by atoms with E-state index in [-0.39, 0.29) is 6.61 Å². The van der Waals surface area contributed by atoms with Gasteiger partial charge in [0.25, 0.3) is 0 Å². The Kier molecular flexibility index (Phi) is 7.57. The fraction of sp³-hybridized carbons (Fsp3) is 0.286. The summed E-state index contributed by atoms with van der Waals surface area (Å²) in [5.41, 5.74) is -0.672. The molecule has 0 bridgehead atoms. The van der Waals surface area contributed by atoms with Crippen molar-refractivity contribution >= 4 is 30.8 Å². The van der Waals surface area contributed by atoms with Crippen LogP contribution >= 0.6 is 14.9 Å². The van der Waals surface area contributed by atoms with E-state index in [4.69, 9.17) is 13.8 Å². The molecule has 0 amide bonds. The predicted molar refractivity (Wildman–Crippen MR) is 143 cm³/mol. The number of benzene rings is 3. The molecule has 178 valence electrons. The molecule has 0 saturated carbocycles. The average Bonchev–Trinajstić information content (AvgIpc) is 3.18. The van der Waals surface area contributed by atoms with Crippen LogP contribution in [0.25, 0.3) is 0 Å². The number of ether oxygens (including phenoxy) is 1. The van der Waals surface area contributed by atoms with Crippen LogP contribution in [0.4, 0.5) is 0 Å². The molecular weight excluding hydrogens is 462 g/mol. The molecule has 0 aliphatic carbocycles. The molecule has 1 aliphatic heterocycles. The first-order chi connectivity index (χ1) is 16.4. The highest BCUT2D eigenvalue weighted by atomic mass is 31.2. The van der Waals surface area contributed by atoms with Crippen molar-refractivity contribution in [3.63, 3.8) is 0 Å². The van der Waals surface area contributed by atoms with E-state index >= 15 is 0 Å². The molecule has 6 heteroatoms. The summed E-state index contributed by atoms with van der Waals surface area (Å²) in [5, 5.41) is 5.22. The maximum absolute atomic E-state index is 14.3. The third-order valence-corrected chi connectivity index (χ3v) is 13.2. The molecule has 34 heavy (non-hydrogen) atoms. The Morgan fingerprint density at radius 3 is 1.50 bits per heavy atom. The van der Waals surface area contributed by atoms with E-state index in [1.165, 1.54) is 15.9 Å². The van der Waals surface area contributed by atoms with Gasteiger partial charge in [0.1, 0.15) is 39.4 Å². The second kappa shape index (κ2) is 10.3.